The summed E-state index contributed by atoms with van der Waals surface area (Å²) in [7, 11) is 0. The Morgan fingerprint density at radius 1 is 1.20 bits per heavy atom. The van der Waals surface area contributed by atoms with Crippen molar-refractivity contribution in [2.45, 2.75) is 39.7 Å². The van der Waals surface area contributed by atoms with Crippen LogP contribution in [0.3, 0.4) is 0 Å². The predicted molar refractivity (Wildman–Crippen MR) is 79.4 cm³/mol. The third kappa shape index (κ3) is 2.31. The zero-order valence-electron chi connectivity index (χ0n) is 12.1. The maximum atomic E-state index is 4.79. The highest BCUT2D eigenvalue weighted by atomic mass is 15.0. The van der Waals surface area contributed by atoms with E-state index < -0.39 is 0 Å². The highest BCUT2D eigenvalue weighted by molar-refractivity contribution is 5.55. The van der Waals surface area contributed by atoms with Crippen LogP contribution < -0.4 is 5.32 Å². The number of hydrogen-bond donors (Lipinski definition) is 1. The van der Waals surface area contributed by atoms with Crippen molar-refractivity contribution in [3.8, 4) is 11.5 Å². The van der Waals surface area contributed by atoms with Gasteiger partial charge in [-0.1, -0.05) is 19.9 Å². The first kappa shape index (κ1) is 13.2. The van der Waals surface area contributed by atoms with Crippen LogP contribution in [0.1, 0.15) is 36.4 Å². The zero-order chi connectivity index (χ0) is 13.9. The Morgan fingerprint density at radius 3 is 2.90 bits per heavy atom. The lowest BCUT2D eigenvalue weighted by molar-refractivity contribution is 0.618. The number of pyridine rings is 1. The van der Waals surface area contributed by atoms with Crippen molar-refractivity contribution in [2.75, 3.05) is 6.54 Å². The Labute approximate surface area is 119 Å². The van der Waals surface area contributed by atoms with Gasteiger partial charge in [0, 0.05) is 37.0 Å². The number of aryl methyl sites for hydroxylation is 2. The van der Waals surface area contributed by atoms with Crippen molar-refractivity contribution in [2.24, 2.45) is 0 Å². The highest BCUT2D eigenvalue weighted by Crippen LogP contribution is 2.23. The van der Waals surface area contributed by atoms with E-state index in [0.29, 0.717) is 0 Å². The largest absolute Gasteiger partial charge is 0.312 e. The van der Waals surface area contributed by atoms with E-state index in [9.17, 15) is 0 Å². The van der Waals surface area contributed by atoms with E-state index in [4.69, 9.17) is 9.97 Å². The summed E-state index contributed by atoms with van der Waals surface area (Å²) in [5, 5.41) is 3.40. The van der Waals surface area contributed by atoms with Gasteiger partial charge in [0.15, 0.2) is 5.82 Å². The Kier molecular flexibility index (Phi) is 3.74. The van der Waals surface area contributed by atoms with Crippen LogP contribution in [0.2, 0.25) is 0 Å². The summed E-state index contributed by atoms with van der Waals surface area (Å²) in [5.74, 6) is 0.792. The summed E-state index contributed by atoms with van der Waals surface area (Å²) in [6.45, 7) is 6.18. The first-order chi connectivity index (χ1) is 9.83. The van der Waals surface area contributed by atoms with Crippen LogP contribution in [-0.2, 0) is 25.8 Å². The van der Waals surface area contributed by atoms with E-state index >= 15 is 0 Å². The lowest BCUT2D eigenvalue weighted by Crippen LogP contribution is -2.26. The van der Waals surface area contributed by atoms with Gasteiger partial charge in [0.05, 0.1) is 5.69 Å². The molecule has 0 amide bonds. The van der Waals surface area contributed by atoms with Crippen LogP contribution in [0.5, 0.6) is 0 Å². The molecule has 0 bridgehead atoms. The maximum Gasteiger partial charge on any atom is 0.178 e. The number of nitrogens with zero attached hydrogens (tertiary/aromatic N) is 3. The van der Waals surface area contributed by atoms with E-state index in [1.807, 2.05) is 12.3 Å². The molecule has 1 N–H and O–H groups in total. The van der Waals surface area contributed by atoms with Crippen LogP contribution >= 0.6 is 0 Å². The summed E-state index contributed by atoms with van der Waals surface area (Å²) in [6.07, 6.45) is 4.69. The molecule has 0 unspecified atom stereocenters. The second-order valence-electron chi connectivity index (χ2n) is 5.06. The van der Waals surface area contributed by atoms with Gasteiger partial charge in [-0.3, -0.25) is 4.98 Å². The highest BCUT2D eigenvalue weighted by Gasteiger charge is 2.18. The summed E-state index contributed by atoms with van der Waals surface area (Å²) >= 11 is 0. The Bertz CT molecular complexity index is 605. The van der Waals surface area contributed by atoms with Crippen molar-refractivity contribution in [3.05, 3.63) is 40.8 Å². The molecule has 2 aromatic rings. The Balaban J connectivity index is 2.14. The molecule has 0 atom stereocenters. The van der Waals surface area contributed by atoms with Crippen LogP contribution in [0.15, 0.2) is 18.3 Å². The van der Waals surface area contributed by atoms with Crippen molar-refractivity contribution < 1.29 is 0 Å². The molecule has 0 aromatic carbocycles. The van der Waals surface area contributed by atoms with E-state index in [-0.39, 0.29) is 0 Å². The summed E-state index contributed by atoms with van der Waals surface area (Å²) in [5.41, 5.74) is 5.79. The third-order valence-corrected chi connectivity index (χ3v) is 3.84. The van der Waals surface area contributed by atoms with Crippen LogP contribution in [0.4, 0.5) is 0 Å². The van der Waals surface area contributed by atoms with Gasteiger partial charge < -0.3 is 5.32 Å². The van der Waals surface area contributed by atoms with Gasteiger partial charge in [0.1, 0.15) is 5.69 Å². The SMILES string of the molecule is CCc1cccnc1-c1nc(CC)c2c(n1)CCNC2. The van der Waals surface area contributed by atoms with Gasteiger partial charge in [0.2, 0.25) is 0 Å². The zero-order valence-corrected chi connectivity index (χ0v) is 12.1. The second kappa shape index (κ2) is 5.67. The number of rotatable bonds is 3. The molecule has 0 spiro atoms. The number of fused-ring (bicyclic) bond motifs is 1. The Hall–Kier alpha value is -1.81. The topological polar surface area (TPSA) is 50.7 Å². The first-order valence-electron chi connectivity index (χ1n) is 7.37. The molecule has 20 heavy (non-hydrogen) atoms. The van der Waals surface area contributed by atoms with E-state index in [0.717, 1.165) is 49.6 Å². The lowest BCUT2D eigenvalue weighted by atomic mass is 10.0. The van der Waals surface area contributed by atoms with Crippen LogP contribution in [0, 0.1) is 0 Å². The number of aromatic nitrogens is 3. The van der Waals surface area contributed by atoms with Gasteiger partial charge >= 0.3 is 0 Å². The van der Waals surface area contributed by atoms with Gasteiger partial charge in [-0.25, -0.2) is 9.97 Å². The average Bonchev–Trinajstić information content (AvgIpc) is 2.53. The van der Waals surface area contributed by atoms with Gasteiger partial charge in [-0.2, -0.15) is 0 Å². The van der Waals surface area contributed by atoms with Gasteiger partial charge in [-0.15, -0.1) is 0 Å². The standard InChI is InChI=1S/C16H20N4/c1-3-11-6-5-8-18-15(11)16-19-13(4-2)12-10-17-9-7-14(12)20-16/h5-6,8,17H,3-4,7,9-10H2,1-2H3. The molecular weight excluding hydrogens is 248 g/mol. The van der Waals surface area contributed by atoms with Crippen LogP contribution in [-0.4, -0.2) is 21.5 Å². The van der Waals surface area contributed by atoms with Crippen LogP contribution in [0.25, 0.3) is 11.5 Å². The van der Waals surface area contributed by atoms with Gasteiger partial charge in [0.25, 0.3) is 0 Å². The molecule has 0 saturated carbocycles. The Morgan fingerprint density at radius 2 is 2.10 bits per heavy atom. The molecule has 3 rings (SSSR count). The van der Waals surface area contributed by atoms with Crippen molar-refractivity contribution in [3.63, 3.8) is 0 Å². The molecule has 2 aromatic heterocycles. The molecule has 0 saturated heterocycles. The fourth-order valence-electron chi connectivity index (χ4n) is 2.74. The first-order valence-corrected chi connectivity index (χ1v) is 7.37. The molecule has 0 radical (unpaired) electrons. The predicted octanol–water partition coefficient (Wildman–Crippen LogP) is 2.31. The quantitative estimate of drug-likeness (QED) is 0.928. The molecule has 4 heteroatoms. The molecule has 104 valence electrons. The van der Waals surface area contributed by atoms with Crippen molar-refractivity contribution in [1.29, 1.82) is 0 Å². The molecular formula is C16H20N4. The maximum absolute atomic E-state index is 4.79. The molecule has 3 heterocycles. The summed E-state index contributed by atoms with van der Waals surface area (Å²) in [4.78, 5) is 14.1. The molecule has 4 nitrogen and oxygen atoms in total. The van der Waals surface area contributed by atoms with Crippen molar-refractivity contribution in [1.82, 2.24) is 20.3 Å². The number of hydrogen-bond acceptors (Lipinski definition) is 4. The summed E-state index contributed by atoms with van der Waals surface area (Å²) < 4.78 is 0. The van der Waals surface area contributed by atoms with Crippen molar-refractivity contribution >= 4 is 0 Å². The lowest BCUT2D eigenvalue weighted by Gasteiger charge is -2.20. The minimum Gasteiger partial charge on any atom is -0.312 e. The molecule has 0 aliphatic carbocycles. The normalized spacial score (nSPS) is 14.1. The third-order valence-electron chi connectivity index (χ3n) is 3.84. The minimum absolute atomic E-state index is 0.792. The monoisotopic (exact) mass is 268 g/mol. The van der Waals surface area contributed by atoms with E-state index in [1.54, 1.807) is 0 Å². The van der Waals surface area contributed by atoms with E-state index in [2.05, 4.69) is 30.2 Å². The fraction of sp³-hybridized carbons (Fsp3) is 0.438. The fourth-order valence-corrected chi connectivity index (χ4v) is 2.74. The summed E-state index contributed by atoms with van der Waals surface area (Å²) in [6, 6.07) is 4.09. The minimum atomic E-state index is 0.792. The van der Waals surface area contributed by atoms with Gasteiger partial charge in [-0.05, 0) is 24.5 Å². The second-order valence-corrected chi connectivity index (χ2v) is 5.06. The average molecular weight is 268 g/mol. The number of nitrogens with one attached hydrogen (secondary N) is 1. The molecule has 0 fully saturated rings. The molecule has 1 aliphatic heterocycles. The smallest absolute Gasteiger partial charge is 0.178 e. The van der Waals surface area contributed by atoms with E-state index in [1.165, 1.54) is 16.8 Å². The molecule has 1 aliphatic rings.